The maximum Gasteiger partial charge on any atom is 0.137 e. The fourth-order valence-corrected chi connectivity index (χ4v) is 1.93. The minimum Gasteiger partial charge on any atom is -0.305 e. The number of pyridine rings is 1. The van der Waals surface area contributed by atoms with E-state index in [0.717, 1.165) is 12.2 Å². The van der Waals surface area contributed by atoms with Crippen molar-refractivity contribution in [3.63, 3.8) is 0 Å². The monoisotopic (exact) mass is 217 g/mol. The highest BCUT2D eigenvalue weighted by molar-refractivity contribution is 5.43. The average molecular weight is 217 g/mol. The normalized spacial score (nSPS) is 11.9. The predicted molar refractivity (Wildman–Crippen MR) is 66.7 cm³/mol. The molecule has 0 saturated carbocycles. The Bertz CT molecular complexity index is 483. The van der Waals surface area contributed by atoms with Crippen molar-refractivity contribution in [3.05, 3.63) is 35.8 Å². The smallest absolute Gasteiger partial charge is 0.137 e. The van der Waals surface area contributed by atoms with Gasteiger partial charge in [0, 0.05) is 24.6 Å². The molecule has 2 heterocycles. The highest BCUT2D eigenvalue weighted by Crippen LogP contribution is 2.17. The van der Waals surface area contributed by atoms with Gasteiger partial charge in [0.25, 0.3) is 0 Å². The second kappa shape index (κ2) is 4.26. The van der Waals surface area contributed by atoms with Crippen molar-refractivity contribution in [2.45, 2.75) is 26.3 Å². The van der Waals surface area contributed by atoms with Gasteiger partial charge in [0.15, 0.2) is 0 Å². The Morgan fingerprint density at radius 2 is 2.12 bits per heavy atom. The number of fused-ring (bicyclic) bond motifs is 1. The van der Waals surface area contributed by atoms with Crippen molar-refractivity contribution in [1.29, 1.82) is 0 Å². The lowest BCUT2D eigenvalue weighted by Crippen LogP contribution is -2.10. The molecule has 0 atom stereocenters. The SMILES string of the molecule is CC(C)c1cnc2cc(CN(C)C)ccn12. The first-order chi connectivity index (χ1) is 7.58. The van der Waals surface area contributed by atoms with Crippen LogP contribution in [0.2, 0.25) is 0 Å². The lowest BCUT2D eigenvalue weighted by atomic mass is 10.1. The molecule has 2 aromatic rings. The van der Waals surface area contributed by atoms with Gasteiger partial charge in [0.1, 0.15) is 5.65 Å². The third kappa shape index (κ3) is 2.09. The molecule has 2 rings (SSSR count). The van der Waals surface area contributed by atoms with Crippen molar-refractivity contribution in [2.24, 2.45) is 0 Å². The van der Waals surface area contributed by atoms with Crippen LogP contribution in [0.3, 0.4) is 0 Å². The van der Waals surface area contributed by atoms with Crippen LogP contribution in [-0.2, 0) is 6.54 Å². The molecule has 0 aliphatic carbocycles. The molecule has 0 unspecified atom stereocenters. The Labute approximate surface area is 96.7 Å². The number of aromatic nitrogens is 2. The zero-order valence-electron chi connectivity index (χ0n) is 10.4. The van der Waals surface area contributed by atoms with Crippen molar-refractivity contribution in [1.82, 2.24) is 14.3 Å². The Kier molecular flexibility index (Phi) is 2.97. The van der Waals surface area contributed by atoms with Gasteiger partial charge in [-0.25, -0.2) is 4.98 Å². The Morgan fingerprint density at radius 1 is 1.38 bits per heavy atom. The summed E-state index contributed by atoms with van der Waals surface area (Å²) in [5.74, 6) is 0.509. The molecule has 3 nitrogen and oxygen atoms in total. The molecule has 3 heteroatoms. The molecule has 0 aliphatic heterocycles. The number of nitrogens with zero attached hydrogens (tertiary/aromatic N) is 3. The summed E-state index contributed by atoms with van der Waals surface area (Å²) in [6.07, 6.45) is 4.09. The first-order valence-electron chi connectivity index (χ1n) is 5.68. The summed E-state index contributed by atoms with van der Waals surface area (Å²) in [5.41, 5.74) is 3.62. The van der Waals surface area contributed by atoms with E-state index in [0.29, 0.717) is 5.92 Å². The highest BCUT2D eigenvalue weighted by atomic mass is 15.1. The molecular weight excluding hydrogens is 198 g/mol. The zero-order valence-corrected chi connectivity index (χ0v) is 10.4. The average Bonchev–Trinajstić information content (AvgIpc) is 2.59. The maximum atomic E-state index is 4.45. The quantitative estimate of drug-likeness (QED) is 0.787. The molecule has 0 amide bonds. The van der Waals surface area contributed by atoms with E-state index in [1.165, 1.54) is 11.3 Å². The van der Waals surface area contributed by atoms with Gasteiger partial charge in [-0.05, 0) is 37.7 Å². The Balaban J connectivity index is 2.41. The summed E-state index contributed by atoms with van der Waals surface area (Å²) in [6, 6.07) is 4.33. The summed E-state index contributed by atoms with van der Waals surface area (Å²) in [5, 5.41) is 0. The van der Waals surface area contributed by atoms with Gasteiger partial charge in [0.05, 0.1) is 0 Å². The minimum absolute atomic E-state index is 0.509. The van der Waals surface area contributed by atoms with Gasteiger partial charge in [-0.1, -0.05) is 13.8 Å². The Morgan fingerprint density at radius 3 is 2.75 bits per heavy atom. The molecule has 0 bridgehead atoms. The second-order valence-electron chi connectivity index (χ2n) is 4.84. The van der Waals surface area contributed by atoms with Gasteiger partial charge in [0.2, 0.25) is 0 Å². The minimum atomic E-state index is 0.509. The molecule has 0 N–H and O–H groups in total. The van der Waals surface area contributed by atoms with Gasteiger partial charge >= 0.3 is 0 Å². The van der Waals surface area contributed by atoms with E-state index < -0.39 is 0 Å². The van der Waals surface area contributed by atoms with Crippen LogP contribution in [0.25, 0.3) is 5.65 Å². The molecule has 0 aromatic carbocycles. The van der Waals surface area contributed by atoms with Gasteiger partial charge in [-0.2, -0.15) is 0 Å². The van der Waals surface area contributed by atoms with Crippen molar-refractivity contribution in [3.8, 4) is 0 Å². The first-order valence-corrected chi connectivity index (χ1v) is 5.68. The fourth-order valence-electron chi connectivity index (χ4n) is 1.93. The van der Waals surface area contributed by atoms with Crippen LogP contribution < -0.4 is 0 Å². The lowest BCUT2D eigenvalue weighted by Gasteiger charge is -2.10. The molecule has 0 fully saturated rings. The summed E-state index contributed by atoms with van der Waals surface area (Å²) >= 11 is 0. The topological polar surface area (TPSA) is 20.5 Å². The van der Waals surface area contributed by atoms with E-state index >= 15 is 0 Å². The summed E-state index contributed by atoms with van der Waals surface area (Å²) in [4.78, 5) is 6.62. The van der Waals surface area contributed by atoms with Crippen LogP contribution in [0, 0.1) is 0 Å². The largest absolute Gasteiger partial charge is 0.305 e. The molecule has 0 saturated heterocycles. The Hall–Kier alpha value is -1.35. The second-order valence-corrected chi connectivity index (χ2v) is 4.84. The van der Waals surface area contributed by atoms with Crippen LogP contribution in [0.1, 0.15) is 31.0 Å². The highest BCUT2D eigenvalue weighted by Gasteiger charge is 2.07. The summed E-state index contributed by atoms with van der Waals surface area (Å²) in [7, 11) is 4.16. The first kappa shape index (κ1) is 11.1. The van der Waals surface area contributed by atoms with E-state index in [4.69, 9.17) is 0 Å². The van der Waals surface area contributed by atoms with Crippen molar-refractivity contribution >= 4 is 5.65 Å². The van der Waals surface area contributed by atoms with Crippen LogP contribution in [-0.4, -0.2) is 28.4 Å². The lowest BCUT2D eigenvalue weighted by molar-refractivity contribution is 0.402. The fraction of sp³-hybridized carbons (Fsp3) is 0.462. The third-order valence-electron chi connectivity index (χ3n) is 2.70. The molecule has 16 heavy (non-hydrogen) atoms. The van der Waals surface area contributed by atoms with E-state index in [2.05, 4.69) is 60.6 Å². The van der Waals surface area contributed by atoms with Gasteiger partial charge in [-0.15, -0.1) is 0 Å². The van der Waals surface area contributed by atoms with Crippen LogP contribution in [0.15, 0.2) is 24.5 Å². The van der Waals surface area contributed by atoms with Crippen LogP contribution in [0.4, 0.5) is 0 Å². The van der Waals surface area contributed by atoms with E-state index in [1.54, 1.807) is 0 Å². The molecule has 0 aliphatic rings. The van der Waals surface area contributed by atoms with Gasteiger partial charge < -0.3 is 9.30 Å². The number of hydrogen-bond donors (Lipinski definition) is 0. The predicted octanol–water partition coefficient (Wildman–Crippen LogP) is 2.52. The van der Waals surface area contributed by atoms with E-state index in [1.807, 2.05) is 6.20 Å². The molecule has 86 valence electrons. The van der Waals surface area contributed by atoms with Crippen LogP contribution >= 0.6 is 0 Å². The molecule has 2 aromatic heterocycles. The summed E-state index contributed by atoms with van der Waals surface area (Å²) in [6.45, 7) is 5.34. The zero-order chi connectivity index (χ0) is 11.7. The standard InChI is InChI=1S/C13H19N3/c1-10(2)12-8-14-13-7-11(9-15(3)4)5-6-16(12)13/h5-8,10H,9H2,1-4H3. The van der Waals surface area contributed by atoms with Crippen molar-refractivity contribution in [2.75, 3.05) is 14.1 Å². The van der Waals surface area contributed by atoms with Crippen LogP contribution in [0.5, 0.6) is 0 Å². The van der Waals surface area contributed by atoms with Crippen molar-refractivity contribution < 1.29 is 0 Å². The van der Waals surface area contributed by atoms with Gasteiger partial charge in [-0.3, -0.25) is 0 Å². The number of imidazole rings is 1. The van der Waals surface area contributed by atoms with E-state index in [-0.39, 0.29) is 0 Å². The maximum absolute atomic E-state index is 4.45. The third-order valence-corrected chi connectivity index (χ3v) is 2.70. The van der Waals surface area contributed by atoms with E-state index in [9.17, 15) is 0 Å². The molecule has 0 spiro atoms. The molecule has 0 radical (unpaired) electrons. The molecular formula is C13H19N3. The summed E-state index contributed by atoms with van der Waals surface area (Å²) < 4.78 is 2.17. The number of hydrogen-bond acceptors (Lipinski definition) is 2. The number of rotatable bonds is 3.